The highest BCUT2D eigenvalue weighted by molar-refractivity contribution is 9.10. The molecular formula is C15H19BrN2O3. The SMILES string of the molecule is CCC1(C(=O)O)CCN(c2cc(Br)ccc2C(N)=O)CC1. The number of halogens is 1. The van der Waals surface area contributed by atoms with Gasteiger partial charge in [0.2, 0.25) is 0 Å². The average Bonchev–Trinajstić information content (AvgIpc) is 2.46. The third-order valence-corrected chi connectivity index (χ3v) is 4.91. The van der Waals surface area contributed by atoms with Gasteiger partial charge in [0.25, 0.3) is 5.91 Å². The largest absolute Gasteiger partial charge is 0.481 e. The average molecular weight is 355 g/mol. The van der Waals surface area contributed by atoms with Crippen LogP contribution in [-0.2, 0) is 4.79 Å². The lowest BCUT2D eigenvalue weighted by atomic mass is 9.76. The Bertz CT molecular complexity index is 566. The van der Waals surface area contributed by atoms with Gasteiger partial charge in [-0.2, -0.15) is 0 Å². The highest BCUT2D eigenvalue weighted by Gasteiger charge is 2.40. The lowest BCUT2D eigenvalue weighted by molar-refractivity contribution is -0.150. The third-order valence-electron chi connectivity index (χ3n) is 4.42. The second-order valence-electron chi connectivity index (χ2n) is 5.45. The summed E-state index contributed by atoms with van der Waals surface area (Å²) < 4.78 is 0.869. The van der Waals surface area contributed by atoms with E-state index >= 15 is 0 Å². The van der Waals surface area contributed by atoms with Gasteiger partial charge in [0.15, 0.2) is 0 Å². The lowest BCUT2D eigenvalue weighted by Crippen LogP contribution is -2.44. The molecule has 1 aromatic carbocycles. The lowest BCUT2D eigenvalue weighted by Gasteiger charge is -2.40. The summed E-state index contributed by atoms with van der Waals surface area (Å²) in [4.78, 5) is 25.1. The number of hydrogen-bond donors (Lipinski definition) is 2. The summed E-state index contributed by atoms with van der Waals surface area (Å²) in [5, 5.41) is 9.43. The van der Waals surface area contributed by atoms with E-state index in [0.29, 0.717) is 37.9 Å². The van der Waals surface area contributed by atoms with Gasteiger partial charge < -0.3 is 15.7 Å². The van der Waals surface area contributed by atoms with Crippen LogP contribution in [0.15, 0.2) is 22.7 Å². The number of benzene rings is 1. The van der Waals surface area contributed by atoms with E-state index in [9.17, 15) is 14.7 Å². The topological polar surface area (TPSA) is 83.6 Å². The predicted molar refractivity (Wildman–Crippen MR) is 84.5 cm³/mol. The Hall–Kier alpha value is -1.56. The van der Waals surface area contributed by atoms with Crippen LogP contribution in [-0.4, -0.2) is 30.1 Å². The molecule has 0 saturated carbocycles. The first kappa shape index (κ1) is 15.8. The number of carboxylic acid groups (broad SMARTS) is 1. The van der Waals surface area contributed by atoms with Crippen LogP contribution in [0.25, 0.3) is 0 Å². The van der Waals surface area contributed by atoms with Crippen LogP contribution >= 0.6 is 15.9 Å². The van der Waals surface area contributed by atoms with Gasteiger partial charge in [-0.25, -0.2) is 0 Å². The van der Waals surface area contributed by atoms with Crippen molar-refractivity contribution in [2.24, 2.45) is 11.1 Å². The first-order chi connectivity index (χ1) is 9.89. The normalized spacial score (nSPS) is 17.5. The number of nitrogens with two attached hydrogens (primary N) is 1. The molecule has 0 spiro atoms. The van der Waals surface area contributed by atoms with Crippen LogP contribution in [0, 0.1) is 5.41 Å². The molecule has 1 fully saturated rings. The molecule has 0 bridgehead atoms. The molecule has 21 heavy (non-hydrogen) atoms. The molecular weight excluding hydrogens is 336 g/mol. The van der Waals surface area contributed by atoms with E-state index in [0.717, 1.165) is 10.2 Å². The molecule has 1 aliphatic heterocycles. The number of carbonyl (C=O) groups excluding carboxylic acids is 1. The second kappa shape index (κ2) is 6.05. The number of hydrogen-bond acceptors (Lipinski definition) is 3. The standard InChI is InChI=1S/C15H19BrN2O3/c1-2-15(14(20)21)5-7-18(8-6-15)12-9-10(16)3-4-11(12)13(17)19/h3-4,9H,2,5-8H2,1H3,(H2,17,19)(H,20,21). The Morgan fingerprint density at radius 3 is 2.48 bits per heavy atom. The number of anilines is 1. The smallest absolute Gasteiger partial charge is 0.309 e. The number of nitrogens with zero attached hydrogens (tertiary/aromatic N) is 1. The van der Waals surface area contributed by atoms with E-state index < -0.39 is 17.3 Å². The zero-order valence-corrected chi connectivity index (χ0v) is 13.5. The quantitative estimate of drug-likeness (QED) is 0.870. The summed E-state index contributed by atoms with van der Waals surface area (Å²) in [7, 11) is 0. The van der Waals surface area contributed by atoms with Crippen molar-refractivity contribution in [3.8, 4) is 0 Å². The van der Waals surface area contributed by atoms with Crippen LogP contribution in [0.1, 0.15) is 36.5 Å². The minimum atomic E-state index is -0.728. The summed E-state index contributed by atoms with van der Waals surface area (Å²) in [6.07, 6.45) is 1.77. The molecule has 1 aliphatic rings. The minimum absolute atomic E-state index is 0.469. The molecule has 1 aromatic rings. The summed E-state index contributed by atoms with van der Waals surface area (Å²) in [5.74, 6) is -1.20. The molecule has 1 amide bonds. The van der Waals surface area contributed by atoms with Crippen LogP contribution in [0.2, 0.25) is 0 Å². The van der Waals surface area contributed by atoms with Crippen molar-refractivity contribution in [3.05, 3.63) is 28.2 Å². The van der Waals surface area contributed by atoms with Crippen LogP contribution in [0.3, 0.4) is 0 Å². The van der Waals surface area contributed by atoms with Crippen molar-refractivity contribution in [2.45, 2.75) is 26.2 Å². The molecule has 0 aromatic heterocycles. The molecule has 1 heterocycles. The molecule has 1 saturated heterocycles. The fourth-order valence-corrected chi connectivity index (χ4v) is 3.22. The van der Waals surface area contributed by atoms with Crippen molar-refractivity contribution >= 4 is 33.5 Å². The number of rotatable bonds is 4. The molecule has 5 nitrogen and oxygen atoms in total. The van der Waals surface area contributed by atoms with Crippen LogP contribution < -0.4 is 10.6 Å². The van der Waals surface area contributed by atoms with Crippen molar-refractivity contribution < 1.29 is 14.7 Å². The van der Waals surface area contributed by atoms with Crippen LogP contribution in [0.4, 0.5) is 5.69 Å². The fraction of sp³-hybridized carbons (Fsp3) is 0.467. The van der Waals surface area contributed by atoms with Gasteiger partial charge in [0.05, 0.1) is 16.7 Å². The van der Waals surface area contributed by atoms with Gasteiger partial charge in [-0.1, -0.05) is 22.9 Å². The van der Waals surface area contributed by atoms with E-state index in [1.54, 1.807) is 12.1 Å². The summed E-state index contributed by atoms with van der Waals surface area (Å²) in [6, 6.07) is 5.33. The molecule has 0 radical (unpaired) electrons. The van der Waals surface area contributed by atoms with E-state index in [1.165, 1.54) is 0 Å². The first-order valence-electron chi connectivity index (χ1n) is 6.97. The van der Waals surface area contributed by atoms with Crippen molar-refractivity contribution in [1.82, 2.24) is 0 Å². The summed E-state index contributed by atoms with van der Waals surface area (Å²) in [6.45, 7) is 3.13. The molecule has 6 heteroatoms. The van der Waals surface area contributed by atoms with Gasteiger partial charge in [-0.3, -0.25) is 9.59 Å². The predicted octanol–water partition coefficient (Wildman–Crippen LogP) is 2.63. The molecule has 0 aliphatic carbocycles. The number of aliphatic carboxylic acids is 1. The zero-order valence-electron chi connectivity index (χ0n) is 11.9. The first-order valence-corrected chi connectivity index (χ1v) is 7.76. The number of amides is 1. The monoisotopic (exact) mass is 354 g/mol. The van der Waals surface area contributed by atoms with Gasteiger partial charge >= 0.3 is 5.97 Å². The maximum absolute atomic E-state index is 11.6. The zero-order chi connectivity index (χ0) is 15.6. The summed E-state index contributed by atoms with van der Waals surface area (Å²) >= 11 is 3.40. The molecule has 0 unspecified atom stereocenters. The van der Waals surface area contributed by atoms with E-state index in [2.05, 4.69) is 15.9 Å². The van der Waals surface area contributed by atoms with Crippen molar-refractivity contribution in [2.75, 3.05) is 18.0 Å². The van der Waals surface area contributed by atoms with Crippen LogP contribution in [0.5, 0.6) is 0 Å². The van der Waals surface area contributed by atoms with Gasteiger partial charge in [-0.15, -0.1) is 0 Å². The fourth-order valence-electron chi connectivity index (χ4n) is 2.87. The Balaban J connectivity index is 2.25. The maximum Gasteiger partial charge on any atom is 0.309 e. The molecule has 0 atom stereocenters. The molecule has 114 valence electrons. The molecule has 2 rings (SSSR count). The Kier molecular flexibility index (Phi) is 4.56. The number of carboxylic acids is 1. The summed E-state index contributed by atoms with van der Waals surface area (Å²) in [5.41, 5.74) is 6.02. The van der Waals surface area contributed by atoms with Gasteiger partial charge in [0, 0.05) is 17.6 Å². The van der Waals surface area contributed by atoms with E-state index in [1.807, 2.05) is 17.9 Å². The second-order valence-corrected chi connectivity index (χ2v) is 6.37. The van der Waals surface area contributed by atoms with Gasteiger partial charge in [0.1, 0.15) is 0 Å². The number of primary amides is 1. The maximum atomic E-state index is 11.6. The highest BCUT2D eigenvalue weighted by atomic mass is 79.9. The van der Waals surface area contributed by atoms with Crippen molar-refractivity contribution in [1.29, 1.82) is 0 Å². The van der Waals surface area contributed by atoms with Crippen molar-refractivity contribution in [3.63, 3.8) is 0 Å². The Labute approximate surface area is 132 Å². The Morgan fingerprint density at radius 2 is 2.00 bits per heavy atom. The molecule has 3 N–H and O–H groups in total. The Morgan fingerprint density at radius 1 is 1.38 bits per heavy atom. The van der Waals surface area contributed by atoms with E-state index in [-0.39, 0.29) is 0 Å². The highest BCUT2D eigenvalue weighted by Crippen LogP contribution is 2.38. The number of carbonyl (C=O) groups is 2. The number of piperidine rings is 1. The minimum Gasteiger partial charge on any atom is -0.481 e. The van der Waals surface area contributed by atoms with E-state index in [4.69, 9.17) is 5.73 Å². The third kappa shape index (κ3) is 3.05. The van der Waals surface area contributed by atoms with Gasteiger partial charge in [-0.05, 0) is 37.5 Å².